The van der Waals surface area contributed by atoms with Crippen LogP contribution in [-0.2, 0) is 4.79 Å². The molecule has 1 fully saturated rings. The predicted octanol–water partition coefficient (Wildman–Crippen LogP) is 1.81. The number of carbonyl (C=O) groups is 2. The molecule has 1 aromatic rings. The summed E-state index contributed by atoms with van der Waals surface area (Å²) in [5.74, 6) is -0.748. The molecule has 5 heteroatoms. The van der Waals surface area contributed by atoms with Crippen LogP contribution in [0.25, 0.3) is 0 Å². The summed E-state index contributed by atoms with van der Waals surface area (Å²) in [7, 11) is 0. The van der Waals surface area contributed by atoms with Crippen LogP contribution in [0.5, 0.6) is 0 Å². The van der Waals surface area contributed by atoms with Gasteiger partial charge < -0.3 is 10.2 Å². The Balaban J connectivity index is 1.87. The first-order chi connectivity index (χ1) is 9.58. The number of carbonyl (C=O) groups excluding carboxylic acids is 2. The van der Waals surface area contributed by atoms with Gasteiger partial charge in [-0.25, -0.2) is 4.39 Å². The first-order valence-electron chi connectivity index (χ1n) is 6.88. The zero-order valence-corrected chi connectivity index (χ0v) is 11.6. The van der Waals surface area contributed by atoms with Gasteiger partial charge in [-0.15, -0.1) is 0 Å². The van der Waals surface area contributed by atoms with Crippen molar-refractivity contribution >= 4 is 11.8 Å². The van der Waals surface area contributed by atoms with Gasteiger partial charge in [0.2, 0.25) is 5.91 Å². The Bertz CT molecular complexity index is 504. The van der Waals surface area contributed by atoms with E-state index < -0.39 is 11.7 Å². The Morgan fingerprint density at radius 1 is 1.40 bits per heavy atom. The van der Waals surface area contributed by atoms with Crippen molar-refractivity contribution in [1.29, 1.82) is 0 Å². The lowest BCUT2D eigenvalue weighted by molar-refractivity contribution is -0.131. The van der Waals surface area contributed by atoms with Crippen LogP contribution in [0.15, 0.2) is 24.3 Å². The topological polar surface area (TPSA) is 49.4 Å². The summed E-state index contributed by atoms with van der Waals surface area (Å²) in [5.41, 5.74) is -0.0349. The molecule has 4 nitrogen and oxygen atoms in total. The molecule has 0 aliphatic carbocycles. The summed E-state index contributed by atoms with van der Waals surface area (Å²) in [6, 6.07) is 5.74. The van der Waals surface area contributed by atoms with Crippen molar-refractivity contribution < 1.29 is 14.0 Å². The quantitative estimate of drug-likeness (QED) is 0.916. The molecule has 0 bridgehead atoms. The van der Waals surface area contributed by atoms with E-state index in [2.05, 4.69) is 12.2 Å². The number of hydrogen-bond acceptors (Lipinski definition) is 2. The molecule has 0 radical (unpaired) electrons. The average molecular weight is 278 g/mol. The third-order valence-electron chi connectivity index (χ3n) is 3.53. The highest BCUT2D eigenvalue weighted by Crippen LogP contribution is 2.15. The number of likely N-dealkylation sites (tertiary alicyclic amines) is 1. The van der Waals surface area contributed by atoms with Crippen molar-refractivity contribution in [3.8, 4) is 0 Å². The maximum absolute atomic E-state index is 13.4. The minimum absolute atomic E-state index is 0.0349. The zero-order chi connectivity index (χ0) is 14.5. The van der Waals surface area contributed by atoms with Crippen molar-refractivity contribution in [2.24, 2.45) is 5.92 Å². The molecule has 2 amide bonds. The molecule has 108 valence electrons. The minimum Gasteiger partial charge on any atom is -0.343 e. The lowest BCUT2D eigenvalue weighted by Crippen LogP contribution is -2.44. The number of benzene rings is 1. The molecular formula is C15H19FN2O2. The maximum Gasteiger partial charge on any atom is 0.254 e. The number of hydrogen-bond donors (Lipinski definition) is 1. The Morgan fingerprint density at radius 2 is 2.15 bits per heavy atom. The van der Waals surface area contributed by atoms with Gasteiger partial charge in [-0.05, 0) is 30.9 Å². The molecule has 20 heavy (non-hydrogen) atoms. The van der Waals surface area contributed by atoms with Crippen LogP contribution in [0.4, 0.5) is 4.39 Å². The van der Waals surface area contributed by atoms with Crippen molar-refractivity contribution in [2.75, 3.05) is 19.6 Å². The summed E-state index contributed by atoms with van der Waals surface area (Å²) in [4.78, 5) is 25.5. The number of halogens is 1. The summed E-state index contributed by atoms with van der Waals surface area (Å²) in [6.07, 6.45) is 2.12. The fraction of sp³-hybridized carbons (Fsp3) is 0.467. The van der Waals surface area contributed by atoms with Crippen molar-refractivity contribution in [2.45, 2.75) is 19.8 Å². The highest BCUT2D eigenvalue weighted by molar-refractivity contribution is 5.96. The Labute approximate surface area is 118 Å². The number of amides is 2. The van der Waals surface area contributed by atoms with Gasteiger partial charge >= 0.3 is 0 Å². The molecule has 1 aliphatic heterocycles. The fourth-order valence-corrected chi connectivity index (χ4v) is 2.42. The summed E-state index contributed by atoms with van der Waals surface area (Å²) >= 11 is 0. The third kappa shape index (κ3) is 3.56. The van der Waals surface area contributed by atoms with Gasteiger partial charge in [0.05, 0.1) is 12.1 Å². The molecule has 1 heterocycles. The van der Waals surface area contributed by atoms with Gasteiger partial charge in [0, 0.05) is 13.1 Å². The van der Waals surface area contributed by atoms with E-state index in [9.17, 15) is 14.0 Å². The molecule has 0 saturated carbocycles. The minimum atomic E-state index is -0.580. The van der Waals surface area contributed by atoms with Gasteiger partial charge in [-0.1, -0.05) is 19.1 Å². The largest absolute Gasteiger partial charge is 0.343 e. The average Bonchev–Trinajstić information content (AvgIpc) is 2.45. The standard InChI is InChI=1S/C15H19FN2O2/c1-11-5-4-8-18(10-11)14(19)9-17-15(20)12-6-2-3-7-13(12)16/h2-3,6-7,11H,4-5,8-10H2,1H3,(H,17,20). The first-order valence-corrected chi connectivity index (χ1v) is 6.88. The van der Waals surface area contributed by atoms with Crippen LogP contribution in [0, 0.1) is 11.7 Å². The molecule has 1 N–H and O–H groups in total. The van der Waals surface area contributed by atoms with E-state index in [0.717, 1.165) is 25.9 Å². The lowest BCUT2D eigenvalue weighted by atomic mass is 10.0. The summed E-state index contributed by atoms with van der Waals surface area (Å²) in [5, 5.41) is 2.48. The molecule has 1 atom stereocenters. The monoisotopic (exact) mass is 278 g/mol. The highest BCUT2D eigenvalue weighted by Gasteiger charge is 2.21. The van der Waals surface area contributed by atoms with E-state index in [1.54, 1.807) is 11.0 Å². The second-order valence-corrected chi connectivity index (χ2v) is 5.25. The van der Waals surface area contributed by atoms with E-state index in [-0.39, 0.29) is 18.0 Å². The Hall–Kier alpha value is -1.91. The first kappa shape index (κ1) is 14.5. The second-order valence-electron chi connectivity index (χ2n) is 5.25. The van der Waals surface area contributed by atoms with Crippen LogP contribution >= 0.6 is 0 Å². The number of nitrogens with one attached hydrogen (secondary N) is 1. The van der Waals surface area contributed by atoms with Crippen LogP contribution < -0.4 is 5.32 Å². The van der Waals surface area contributed by atoms with Gasteiger partial charge in [0.25, 0.3) is 5.91 Å². The van der Waals surface area contributed by atoms with Crippen LogP contribution in [0.1, 0.15) is 30.1 Å². The molecule has 1 unspecified atom stereocenters. The number of rotatable bonds is 3. The highest BCUT2D eigenvalue weighted by atomic mass is 19.1. The molecule has 1 saturated heterocycles. The van der Waals surface area contributed by atoms with E-state index >= 15 is 0 Å². The molecule has 2 rings (SSSR count). The van der Waals surface area contributed by atoms with Crippen molar-refractivity contribution in [3.63, 3.8) is 0 Å². The van der Waals surface area contributed by atoms with E-state index in [1.165, 1.54) is 18.2 Å². The lowest BCUT2D eigenvalue weighted by Gasteiger charge is -2.31. The fourth-order valence-electron chi connectivity index (χ4n) is 2.42. The van der Waals surface area contributed by atoms with E-state index in [0.29, 0.717) is 5.92 Å². The molecule has 1 aliphatic rings. The van der Waals surface area contributed by atoms with Gasteiger partial charge in [0.15, 0.2) is 0 Å². The SMILES string of the molecule is CC1CCCN(C(=O)CNC(=O)c2ccccc2F)C1. The van der Waals surface area contributed by atoms with Gasteiger partial charge in [-0.3, -0.25) is 9.59 Å². The van der Waals surface area contributed by atoms with Gasteiger partial charge in [0.1, 0.15) is 5.82 Å². The summed E-state index contributed by atoms with van der Waals surface area (Å²) < 4.78 is 13.4. The third-order valence-corrected chi connectivity index (χ3v) is 3.53. The van der Waals surface area contributed by atoms with Crippen molar-refractivity contribution in [1.82, 2.24) is 10.2 Å². The zero-order valence-electron chi connectivity index (χ0n) is 11.6. The molecule has 0 spiro atoms. The van der Waals surface area contributed by atoms with Crippen LogP contribution in [0.2, 0.25) is 0 Å². The number of piperidine rings is 1. The normalized spacial score (nSPS) is 18.7. The van der Waals surface area contributed by atoms with Crippen LogP contribution in [0.3, 0.4) is 0 Å². The predicted molar refractivity (Wildman–Crippen MR) is 73.7 cm³/mol. The molecule has 0 aromatic heterocycles. The van der Waals surface area contributed by atoms with Gasteiger partial charge in [-0.2, -0.15) is 0 Å². The van der Waals surface area contributed by atoms with Crippen LogP contribution in [-0.4, -0.2) is 36.3 Å². The molecule has 1 aromatic carbocycles. The maximum atomic E-state index is 13.4. The second kappa shape index (κ2) is 6.50. The van der Waals surface area contributed by atoms with Crippen molar-refractivity contribution in [3.05, 3.63) is 35.6 Å². The molecular weight excluding hydrogens is 259 g/mol. The smallest absolute Gasteiger partial charge is 0.254 e. The number of nitrogens with zero attached hydrogens (tertiary/aromatic N) is 1. The van der Waals surface area contributed by atoms with E-state index in [4.69, 9.17) is 0 Å². The Kier molecular flexibility index (Phi) is 4.71. The van der Waals surface area contributed by atoms with E-state index in [1.807, 2.05) is 0 Å². The summed E-state index contributed by atoms with van der Waals surface area (Å²) in [6.45, 7) is 3.49. The Morgan fingerprint density at radius 3 is 2.85 bits per heavy atom.